The monoisotopic (exact) mass is 288 g/mol. The number of hydrogen-bond acceptors (Lipinski definition) is 3. The van der Waals surface area contributed by atoms with Crippen LogP contribution in [0.1, 0.15) is 25.7 Å². The quantitative estimate of drug-likeness (QED) is 0.512. The summed E-state index contributed by atoms with van der Waals surface area (Å²) >= 11 is 12.2. The largest absolute Gasteiger partial charge is 0.399 e. The van der Waals surface area contributed by atoms with E-state index in [9.17, 15) is 5.11 Å². The number of aliphatic hydroxyl groups excluding tert-OH is 1. The minimum Gasteiger partial charge on any atom is -0.394 e. The van der Waals surface area contributed by atoms with Gasteiger partial charge in [0.1, 0.15) is 0 Å². The van der Waals surface area contributed by atoms with Gasteiger partial charge in [0, 0.05) is 17.6 Å². The molecule has 1 aromatic rings. The Labute approximate surface area is 116 Å². The van der Waals surface area contributed by atoms with Crippen molar-refractivity contribution >= 4 is 29.0 Å². The highest BCUT2D eigenvalue weighted by Gasteiger charge is 2.53. The van der Waals surface area contributed by atoms with E-state index >= 15 is 0 Å². The van der Waals surface area contributed by atoms with E-state index in [0.29, 0.717) is 16.5 Å². The van der Waals surface area contributed by atoms with Crippen molar-refractivity contribution in [1.29, 1.82) is 0 Å². The summed E-state index contributed by atoms with van der Waals surface area (Å²) in [6.45, 7) is 0.168. The molecule has 0 atom stereocenters. The van der Waals surface area contributed by atoms with Crippen LogP contribution in [0.25, 0.3) is 0 Å². The molecule has 3 heterocycles. The number of hydrogen-bond donors (Lipinski definition) is 1. The Morgan fingerprint density at radius 2 is 2.17 bits per heavy atom. The van der Waals surface area contributed by atoms with Crippen molar-refractivity contribution in [1.82, 2.24) is 4.98 Å². The van der Waals surface area contributed by atoms with Gasteiger partial charge < -0.3 is 10.0 Å². The van der Waals surface area contributed by atoms with Crippen molar-refractivity contribution < 1.29 is 9.67 Å². The Morgan fingerprint density at radius 1 is 1.50 bits per heavy atom. The van der Waals surface area contributed by atoms with Crippen LogP contribution in [-0.2, 0) is 7.05 Å². The van der Waals surface area contributed by atoms with Crippen LogP contribution in [0.2, 0.25) is 10.4 Å². The molecule has 6 heteroatoms. The first-order valence-corrected chi connectivity index (χ1v) is 6.95. The van der Waals surface area contributed by atoms with E-state index in [0.717, 1.165) is 31.5 Å². The number of aliphatic hydroxyl groups is 1. The second kappa shape index (κ2) is 4.22. The van der Waals surface area contributed by atoms with Gasteiger partial charge in [0.25, 0.3) is 5.82 Å². The average molecular weight is 289 g/mol. The molecule has 0 amide bonds. The predicted octanol–water partition coefficient (Wildman–Crippen LogP) is 1.71. The molecule has 1 aromatic heterocycles. The van der Waals surface area contributed by atoms with Gasteiger partial charge in [0.05, 0.1) is 25.3 Å². The Morgan fingerprint density at radius 3 is 2.72 bits per heavy atom. The van der Waals surface area contributed by atoms with Crippen LogP contribution in [0.4, 0.5) is 5.82 Å². The standard InChI is InChI=1S/C12H16Cl2N3O/c1-16-9(13)6-10(15-11(16)14)17-8-2-4-12(17,7-18)5-3-8/h6,8,18H,2-5,7H2,1H3/q+1. The minimum absolute atomic E-state index is 0.149. The molecule has 2 aliphatic heterocycles. The van der Waals surface area contributed by atoms with Crippen molar-refractivity contribution in [2.24, 2.45) is 7.05 Å². The van der Waals surface area contributed by atoms with E-state index in [1.807, 2.05) is 6.07 Å². The van der Waals surface area contributed by atoms with Crippen molar-refractivity contribution in [3.8, 4) is 0 Å². The van der Waals surface area contributed by atoms with Gasteiger partial charge in [-0.1, -0.05) is 0 Å². The van der Waals surface area contributed by atoms with Gasteiger partial charge in [-0.3, -0.25) is 0 Å². The highest BCUT2D eigenvalue weighted by atomic mass is 35.5. The molecule has 3 rings (SSSR count). The molecule has 0 unspecified atom stereocenters. The maximum atomic E-state index is 9.73. The second-order valence-corrected chi connectivity index (χ2v) is 5.97. The number of fused-ring (bicyclic) bond motifs is 2. The summed E-state index contributed by atoms with van der Waals surface area (Å²) in [5.41, 5.74) is -0.149. The lowest BCUT2D eigenvalue weighted by molar-refractivity contribution is -0.669. The van der Waals surface area contributed by atoms with Gasteiger partial charge in [-0.2, -0.15) is 0 Å². The fraction of sp³-hybridized carbons (Fsp3) is 0.667. The summed E-state index contributed by atoms with van der Waals surface area (Å²) in [4.78, 5) is 6.64. The smallest absolute Gasteiger partial charge is 0.394 e. The van der Waals surface area contributed by atoms with Crippen LogP contribution in [0.3, 0.4) is 0 Å². The van der Waals surface area contributed by atoms with E-state index in [1.165, 1.54) is 0 Å². The molecule has 0 spiro atoms. The molecule has 1 N–H and O–H groups in total. The SMILES string of the molecule is C[n+]1c(Cl)cc(N2C3CCC2(CO)CC3)nc1Cl. The maximum absolute atomic E-state index is 9.73. The van der Waals surface area contributed by atoms with Crippen LogP contribution in [0, 0.1) is 0 Å². The third-order valence-corrected chi connectivity index (χ3v) is 5.06. The molecule has 2 aliphatic rings. The van der Waals surface area contributed by atoms with Crippen LogP contribution >= 0.6 is 23.2 Å². The van der Waals surface area contributed by atoms with E-state index < -0.39 is 0 Å². The Balaban J connectivity index is 2.05. The molecule has 2 fully saturated rings. The third kappa shape index (κ3) is 1.63. The van der Waals surface area contributed by atoms with E-state index in [2.05, 4.69) is 9.88 Å². The van der Waals surface area contributed by atoms with E-state index in [4.69, 9.17) is 23.2 Å². The first-order chi connectivity index (χ1) is 8.57. The molecule has 0 aliphatic carbocycles. The molecule has 4 nitrogen and oxygen atoms in total. The summed E-state index contributed by atoms with van der Waals surface area (Å²) in [5, 5.41) is 10.7. The van der Waals surface area contributed by atoms with Gasteiger partial charge in [0.15, 0.2) is 0 Å². The van der Waals surface area contributed by atoms with E-state index in [1.54, 1.807) is 11.6 Å². The molecular weight excluding hydrogens is 273 g/mol. The fourth-order valence-corrected chi connectivity index (χ4v) is 3.71. The van der Waals surface area contributed by atoms with Gasteiger partial charge in [0.2, 0.25) is 5.15 Å². The average Bonchev–Trinajstić information content (AvgIpc) is 2.91. The van der Waals surface area contributed by atoms with Crippen LogP contribution < -0.4 is 9.47 Å². The van der Waals surface area contributed by atoms with Crippen LogP contribution in [-0.4, -0.2) is 28.3 Å². The van der Waals surface area contributed by atoms with Gasteiger partial charge in [-0.25, -0.2) is 4.57 Å². The summed E-state index contributed by atoms with van der Waals surface area (Å²) in [7, 11) is 1.78. The zero-order valence-corrected chi connectivity index (χ0v) is 11.7. The van der Waals surface area contributed by atoms with Gasteiger partial charge >= 0.3 is 5.28 Å². The summed E-state index contributed by atoms with van der Waals surface area (Å²) in [6, 6.07) is 2.30. The number of anilines is 1. The van der Waals surface area contributed by atoms with Crippen LogP contribution in [0.15, 0.2) is 6.07 Å². The number of aromatic nitrogens is 2. The summed E-state index contributed by atoms with van der Waals surface area (Å²) in [5.74, 6) is 0.789. The Kier molecular flexibility index (Phi) is 2.92. The highest BCUT2D eigenvalue weighted by Crippen LogP contribution is 2.48. The first kappa shape index (κ1) is 12.5. The van der Waals surface area contributed by atoms with Gasteiger partial charge in [-0.05, 0) is 42.3 Å². The van der Waals surface area contributed by atoms with E-state index in [-0.39, 0.29) is 12.1 Å². The predicted molar refractivity (Wildman–Crippen MR) is 70.0 cm³/mol. The molecule has 18 heavy (non-hydrogen) atoms. The molecule has 0 aromatic carbocycles. The molecule has 2 bridgehead atoms. The lowest BCUT2D eigenvalue weighted by Gasteiger charge is -2.32. The fourth-order valence-electron chi connectivity index (χ4n) is 3.31. The zero-order chi connectivity index (χ0) is 12.9. The Bertz CT molecular complexity index is 463. The maximum Gasteiger partial charge on any atom is 0.399 e. The van der Waals surface area contributed by atoms with Crippen molar-refractivity contribution in [2.75, 3.05) is 11.5 Å². The Hall–Kier alpha value is -0.580. The molecule has 98 valence electrons. The highest BCUT2D eigenvalue weighted by molar-refractivity contribution is 6.30. The van der Waals surface area contributed by atoms with Gasteiger partial charge in [-0.15, -0.1) is 0 Å². The second-order valence-electron chi connectivity index (χ2n) is 5.25. The lowest BCUT2D eigenvalue weighted by Crippen LogP contribution is -2.45. The van der Waals surface area contributed by atoms with Crippen LogP contribution in [0.5, 0.6) is 0 Å². The number of rotatable bonds is 2. The van der Waals surface area contributed by atoms with Crippen molar-refractivity contribution in [3.05, 3.63) is 16.5 Å². The lowest BCUT2D eigenvalue weighted by atomic mass is 9.88. The number of nitrogens with zero attached hydrogens (tertiary/aromatic N) is 3. The van der Waals surface area contributed by atoms with Crippen molar-refractivity contribution in [3.63, 3.8) is 0 Å². The normalized spacial score (nSPS) is 30.2. The molecule has 0 radical (unpaired) electrons. The third-order valence-electron chi connectivity index (χ3n) is 4.36. The number of halogens is 2. The first-order valence-electron chi connectivity index (χ1n) is 6.20. The summed E-state index contributed by atoms with van der Waals surface area (Å²) in [6.07, 6.45) is 4.26. The molecule has 2 saturated heterocycles. The summed E-state index contributed by atoms with van der Waals surface area (Å²) < 4.78 is 1.64. The van der Waals surface area contributed by atoms with Crippen molar-refractivity contribution in [2.45, 2.75) is 37.3 Å². The molecular formula is C12H16Cl2N3O+. The molecule has 0 saturated carbocycles. The minimum atomic E-state index is -0.149. The zero-order valence-electron chi connectivity index (χ0n) is 10.2. The topological polar surface area (TPSA) is 40.2 Å².